The van der Waals surface area contributed by atoms with Crippen LogP contribution in [-0.2, 0) is 15.8 Å². The van der Waals surface area contributed by atoms with Crippen LogP contribution in [0.3, 0.4) is 0 Å². The lowest BCUT2D eigenvalue weighted by molar-refractivity contribution is 0.102. The summed E-state index contributed by atoms with van der Waals surface area (Å²) in [4.78, 5) is 1.80. The third-order valence-corrected chi connectivity index (χ3v) is 5.47. The highest BCUT2D eigenvalue weighted by atomic mass is 35.5. The molecule has 0 unspecified atom stereocenters. The Morgan fingerprint density at radius 1 is 1.11 bits per heavy atom. The molecule has 1 fully saturated rings. The molecule has 0 spiro atoms. The van der Waals surface area contributed by atoms with Crippen molar-refractivity contribution in [1.82, 2.24) is 25.2 Å². The second-order valence-electron chi connectivity index (χ2n) is 6.16. The second kappa shape index (κ2) is 9.99. The second-order valence-corrected chi connectivity index (χ2v) is 7.50. The molecule has 12 heteroatoms. The minimum atomic E-state index is -4.69. The summed E-state index contributed by atoms with van der Waals surface area (Å²) in [5, 5.41) is 11.8. The first kappa shape index (κ1) is 26.0. The Hall–Kier alpha value is -0.970. The first-order valence-electron chi connectivity index (χ1n) is 7.69. The summed E-state index contributed by atoms with van der Waals surface area (Å²) in [6, 6.07) is 5.46. The van der Waals surface area contributed by atoms with E-state index in [1.165, 1.54) is 24.3 Å². The lowest BCUT2D eigenvalue weighted by Gasteiger charge is -2.41. The van der Waals surface area contributed by atoms with E-state index in [-0.39, 0.29) is 47.7 Å². The van der Waals surface area contributed by atoms with Gasteiger partial charge in [-0.2, -0.15) is 8.42 Å². The maximum absolute atomic E-state index is 13.0. The van der Waals surface area contributed by atoms with Gasteiger partial charge in [-0.05, 0) is 64.3 Å². The Balaban J connectivity index is 0.00000225. The van der Waals surface area contributed by atoms with Crippen molar-refractivity contribution in [1.29, 1.82) is 0 Å². The van der Waals surface area contributed by atoms with Gasteiger partial charge in [-0.25, -0.2) is 4.68 Å². The minimum Gasteiger partial charge on any atom is -0.317 e. The maximum atomic E-state index is 13.0. The zero-order chi connectivity index (χ0) is 17.4. The molecular formula is C15H23Cl3FN5O2S. The van der Waals surface area contributed by atoms with E-state index in [0.29, 0.717) is 5.69 Å². The van der Waals surface area contributed by atoms with Gasteiger partial charge in [-0.15, -0.1) is 46.2 Å². The summed E-state index contributed by atoms with van der Waals surface area (Å²) >= 11 is 0. The van der Waals surface area contributed by atoms with Crippen LogP contribution in [0.4, 0.5) is 3.89 Å². The molecule has 0 radical (unpaired) electrons. The summed E-state index contributed by atoms with van der Waals surface area (Å²) < 4.78 is 36.3. The number of nitrogens with zero attached hydrogens (tertiary/aromatic N) is 4. The van der Waals surface area contributed by atoms with E-state index >= 15 is 0 Å². The van der Waals surface area contributed by atoms with Gasteiger partial charge in [0.2, 0.25) is 0 Å². The Kier molecular flexibility index (Phi) is 9.63. The molecule has 7 nitrogen and oxygen atoms in total. The Labute approximate surface area is 177 Å². The van der Waals surface area contributed by atoms with Crippen molar-refractivity contribution in [3.63, 3.8) is 0 Å². The average molecular weight is 463 g/mol. The lowest BCUT2D eigenvalue weighted by atomic mass is 9.84. The molecule has 154 valence electrons. The van der Waals surface area contributed by atoms with Crippen LogP contribution in [0.25, 0.3) is 5.69 Å². The highest BCUT2D eigenvalue weighted by Crippen LogP contribution is 2.34. The highest BCUT2D eigenvalue weighted by molar-refractivity contribution is 7.86. The first-order chi connectivity index (χ1) is 11.3. The quantitative estimate of drug-likeness (QED) is 0.703. The van der Waals surface area contributed by atoms with Gasteiger partial charge in [0.1, 0.15) is 5.69 Å². The zero-order valence-corrected chi connectivity index (χ0v) is 18.1. The van der Waals surface area contributed by atoms with Gasteiger partial charge in [0.15, 0.2) is 0 Å². The fourth-order valence-corrected chi connectivity index (χ4v) is 3.60. The van der Waals surface area contributed by atoms with E-state index in [4.69, 9.17) is 0 Å². The number of nitrogens with one attached hydrogen (secondary N) is 1. The molecular weight excluding hydrogens is 440 g/mol. The fraction of sp³-hybridized carbons (Fsp3) is 0.467. The molecule has 2 aromatic rings. The monoisotopic (exact) mass is 461 g/mol. The molecule has 1 aromatic heterocycles. The average Bonchev–Trinajstić information content (AvgIpc) is 3.05. The zero-order valence-electron chi connectivity index (χ0n) is 14.8. The van der Waals surface area contributed by atoms with Crippen LogP contribution in [0.2, 0.25) is 0 Å². The number of hydrogen-bond donors (Lipinski definition) is 1. The summed E-state index contributed by atoms with van der Waals surface area (Å²) in [5.41, 5.74) is 1.33. The third kappa shape index (κ3) is 5.30. The number of rotatable bonds is 4. The molecule has 0 bridgehead atoms. The lowest BCUT2D eigenvalue weighted by Crippen LogP contribution is -2.49. The van der Waals surface area contributed by atoms with Gasteiger partial charge in [-0.3, -0.25) is 4.90 Å². The van der Waals surface area contributed by atoms with Crippen molar-refractivity contribution in [3.8, 4) is 5.69 Å². The fourth-order valence-electron chi connectivity index (χ4n) is 3.14. The van der Waals surface area contributed by atoms with Gasteiger partial charge in [-0.1, -0.05) is 5.21 Å². The maximum Gasteiger partial charge on any atom is 0.332 e. The van der Waals surface area contributed by atoms with E-state index in [0.717, 1.165) is 31.6 Å². The largest absolute Gasteiger partial charge is 0.332 e. The Morgan fingerprint density at radius 3 is 2.15 bits per heavy atom. The van der Waals surface area contributed by atoms with Crippen molar-refractivity contribution in [2.45, 2.75) is 23.3 Å². The van der Waals surface area contributed by atoms with Gasteiger partial charge in [0, 0.05) is 0 Å². The molecule has 0 amide bonds. The van der Waals surface area contributed by atoms with E-state index in [1.54, 1.807) is 4.68 Å². The molecule has 1 aromatic carbocycles. The smallest absolute Gasteiger partial charge is 0.317 e. The number of benzene rings is 1. The van der Waals surface area contributed by atoms with Crippen LogP contribution in [0.1, 0.15) is 18.5 Å². The standard InChI is InChI=1S/C15H20FN5O2S.3ClH/c1-20(2)15(7-9-17-10-8-15)14-11-21(19-18-14)12-3-5-13(6-4-12)24(16,22)23;;;/h3-6,11,17H,7-10H2,1-2H3;3*1H. The SMILES string of the molecule is CN(C)C1(c2cn(-c3ccc(S(=O)(=O)F)cc3)nn2)CCNCC1.Cl.Cl.Cl. The molecule has 1 N–H and O–H groups in total. The molecule has 2 heterocycles. The molecule has 0 atom stereocenters. The predicted octanol–water partition coefficient (Wildman–Crippen LogP) is 2.33. The molecule has 27 heavy (non-hydrogen) atoms. The van der Waals surface area contributed by atoms with Crippen LogP contribution in [0.5, 0.6) is 0 Å². The minimum absolute atomic E-state index is 0. The Bertz CT molecular complexity index is 824. The van der Waals surface area contributed by atoms with Crippen molar-refractivity contribution >= 4 is 47.4 Å². The van der Waals surface area contributed by atoms with Crippen LogP contribution >= 0.6 is 37.2 Å². The number of hydrogen-bond acceptors (Lipinski definition) is 6. The van der Waals surface area contributed by atoms with Gasteiger partial charge in [0.05, 0.1) is 22.3 Å². The van der Waals surface area contributed by atoms with Gasteiger partial charge in [0.25, 0.3) is 0 Å². The van der Waals surface area contributed by atoms with E-state index in [2.05, 4.69) is 20.5 Å². The topological polar surface area (TPSA) is 80.1 Å². The van der Waals surface area contributed by atoms with Crippen LogP contribution in [-0.4, -0.2) is 55.5 Å². The molecule has 3 rings (SSSR count). The van der Waals surface area contributed by atoms with Crippen molar-refractivity contribution < 1.29 is 12.3 Å². The summed E-state index contributed by atoms with van der Waals surface area (Å²) in [6.07, 6.45) is 3.71. The van der Waals surface area contributed by atoms with Crippen molar-refractivity contribution in [2.75, 3.05) is 27.2 Å². The van der Waals surface area contributed by atoms with Crippen molar-refractivity contribution in [2.24, 2.45) is 0 Å². The first-order valence-corrected chi connectivity index (χ1v) is 9.07. The number of aromatic nitrogens is 3. The van der Waals surface area contributed by atoms with E-state index in [9.17, 15) is 12.3 Å². The number of halogens is 4. The van der Waals surface area contributed by atoms with Crippen LogP contribution in [0, 0.1) is 0 Å². The van der Waals surface area contributed by atoms with Gasteiger partial charge >= 0.3 is 10.2 Å². The van der Waals surface area contributed by atoms with E-state index < -0.39 is 10.2 Å². The predicted molar refractivity (Wildman–Crippen MR) is 109 cm³/mol. The molecule has 0 saturated carbocycles. The van der Waals surface area contributed by atoms with Crippen LogP contribution in [0.15, 0.2) is 35.4 Å². The normalized spacial score (nSPS) is 16.0. The molecule has 1 aliphatic heterocycles. The van der Waals surface area contributed by atoms with Gasteiger partial charge < -0.3 is 5.32 Å². The number of piperidine rings is 1. The van der Waals surface area contributed by atoms with Crippen LogP contribution < -0.4 is 5.32 Å². The summed E-state index contributed by atoms with van der Waals surface area (Å²) in [5.74, 6) is 0. The van der Waals surface area contributed by atoms with E-state index in [1.807, 2.05) is 20.3 Å². The Morgan fingerprint density at radius 2 is 1.67 bits per heavy atom. The highest BCUT2D eigenvalue weighted by Gasteiger charge is 2.38. The van der Waals surface area contributed by atoms with Crippen molar-refractivity contribution in [3.05, 3.63) is 36.2 Å². The molecule has 1 saturated heterocycles. The third-order valence-electron chi connectivity index (χ3n) is 4.64. The molecule has 1 aliphatic rings. The molecule has 0 aliphatic carbocycles. The summed E-state index contributed by atoms with van der Waals surface area (Å²) in [7, 11) is -0.628. The summed E-state index contributed by atoms with van der Waals surface area (Å²) in [6.45, 7) is 1.82.